The number of hydrogen-bond donors (Lipinski definition) is 2. The van der Waals surface area contributed by atoms with Gasteiger partial charge in [0.15, 0.2) is 0 Å². The Bertz CT molecular complexity index is 1370. The van der Waals surface area contributed by atoms with E-state index in [0.29, 0.717) is 11.4 Å². The summed E-state index contributed by atoms with van der Waals surface area (Å²) in [6.45, 7) is 4.51. The molecule has 4 heterocycles. The highest BCUT2D eigenvalue weighted by Crippen LogP contribution is 2.43. The maximum absolute atomic E-state index is 14.8. The molecule has 2 aliphatic heterocycles. The average molecular weight is 528 g/mol. The van der Waals surface area contributed by atoms with Crippen LogP contribution in [0.25, 0.3) is 0 Å². The Kier molecular flexibility index (Phi) is 6.72. The number of rotatable bonds is 4. The second kappa shape index (κ2) is 9.86. The molecule has 0 radical (unpaired) electrons. The fourth-order valence-electron chi connectivity index (χ4n) is 5.93. The number of amides is 1. The Morgan fingerprint density at radius 3 is 2.29 bits per heavy atom. The molecule has 1 amide bonds. The molecule has 3 aromatic rings. The number of aromatic amines is 1. The first-order valence-corrected chi connectivity index (χ1v) is 12.5. The summed E-state index contributed by atoms with van der Waals surface area (Å²) in [6.07, 6.45) is 0.925. The third-order valence-electron chi connectivity index (χ3n) is 7.92. The summed E-state index contributed by atoms with van der Waals surface area (Å²) < 4.78 is 41.9. The summed E-state index contributed by atoms with van der Waals surface area (Å²) in [6, 6.07) is 9.31. The number of pyridine rings is 1. The second-order valence-electron chi connectivity index (χ2n) is 10.3. The number of halogens is 3. The standard InChI is InChI=1S/C27H28F3N5O3/c1-15-11-35(12-16(2)27(15,38)17-3-5-18(28)6-4-17)26(37)21-14-34(23-7-8-24(36)33-32-23)13-20(21)25-22(30)9-19(29)10-31-25/h3-10,15-16,20-21,38H,11-14H2,1-2H3,(H,33,36). The molecule has 1 aromatic carbocycles. The van der Waals surface area contributed by atoms with Crippen molar-refractivity contribution in [1.82, 2.24) is 20.1 Å². The number of piperidine rings is 1. The zero-order chi connectivity index (χ0) is 27.2. The maximum Gasteiger partial charge on any atom is 0.264 e. The Balaban J connectivity index is 1.43. The first-order chi connectivity index (χ1) is 18.1. The van der Waals surface area contributed by atoms with Crippen LogP contribution in [0.1, 0.15) is 31.0 Å². The van der Waals surface area contributed by atoms with E-state index in [1.807, 2.05) is 13.8 Å². The van der Waals surface area contributed by atoms with E-state index in [0.717, 1.165) is 12.3 Å². The first kappa shape index (κ1) is 25.9. The van der Waals surface area contributed by atoms with Crippen LogP contribution < -0.4 is 10.5 Å². The molecule has 200 valence electrons. The number of nitrogens with one attached hydrogen (secondary N) is 1. The second-order valence-corrected chi connectivity index (χ2v) is 10.3. The average Bonchev–Trinajstić information content (AvgIpc) is 3.32. The lowest BCUT2D eigenvalue weighted by Crippen LogP contribution is -2.57. The van der Waals surface area contributed by atoms with E-state index in [9.17, 15) is 27.9 Å². The molecule has 2 saturated heterocycles. The lowest BCUT2D eigenvalue weighted by molar-refractivity contribution is -0.152. The van der Waals surface area contributed by atoms with Crippen molar-refractivity contribution in [1.29, 1.82) is 0 Å². The fraction of sp³-hybridized carbons (Fsp3) is 0.407. The number of aliphatic hydroxyl groups is 1. The molecular weight excluding hydrogens is 499 g/mol. The zero-order valence-corrected chi connectivity index (χ0v) is 20.9. The van der Waals surface area contributed by atoms with Crippen molar-refractivity contribution in [3.05, 3.63) is 87.7 Å². The molecule has 0 spiro atoms. The van der Waals surface area contributed by atoms with Gasteiger partial charge in [-0.1, -0.05) is 26.0 Å². The summed E-state index contributed by atoms with van der Waals surface area (Å²) >= 11 is 0. The summed E-state index contributed by atoms with van der Waals surface area (Å²) in [5.74, 6) is -4.06. The molecule has 8 nitrogen and oxygen atoms in total. The number of aromatic nitrogens is 3. The van der Waals surface area contributed by atoms with Crippen LogP contribution in [0.3, 0.4) is 0 Å². The van der Waals surface area contributed by atoms with Gasteiger partial charge in [-0.25, -0.2) is 18.3 Å². The molecule has 4 atom stereocenters. The van der Waals surface area contributed by atoms with Gasteiger partial charge in [0.05, 0.1) is 23.4 Å². The van der Waals surface area contributed by atoms with E-state index in [1.165, 1.54) is 24.3 Å². The monoisotopic (exact) mass is 527 g/mol. The Morgan fingerprint density at radius 2 is 1.68 bits per heavy atom. The van der Waals surface area contributed by atoms with Crippen LogP contribution in [0, 0.1) is 35.2 Å². The number of hydrogen-bond acceptors (Lipinski definition) is 6. The molecule has 5 rings (SSSR count). The number of carbonyl (C=O) groups excluding carboxylic acids is 1. The highest BCUT2D eigenvalue weighted by atomic mass is 19.1. The smallest absolute Gasteiger partial charge is 0.264 e. The van der Waals surface area contributed by atoms with Gasteiger partial charge in [-0.05, 0) is 23.8 Å². The number of carbonyl (C=O) groups is 1. The third kappa shape index (κ3) is 4.55. The van der Waals surface area contributed by atoms with Gasteiger partial charge >= 0.3 is 0 Å². The maximum atomic E-state index is 14.8. The topological polar surface area (TPSA) is 102 Å². The summed E-state index contributed by atoms with van der Waals surface area (Å²) in [7, 11) is 0. The van der Waals surface area contributed by atoms with Crippen molar-refractivity contribution < 1.29 is 23.1 Å². The van der Waals surface area contributed by atoms with Gasteiger partial charge in [-0.15, -0.1) is 0 Å². The summed E-state index contributed by atoms with van der Waals surface area (Å²) in [5.41, 5.74) is -1.08. The van der Waals surface area contributed by atoms with Gasteiger partial charge in [-0.2, -0.15) is 5.10 Å². The molecule has 11 heteroatoms. The van der Waals surface area contributed by atoms with Crippen molar-refractivity contribution in [2.45, 2.75) is 25.4 Å². The fourth-order valence-corrected chi connectivity index (χ4v) is 5.93. The van der Waals surface area contributed by atoms with Crippen LogP contribution >= 0.6 is 0 Å². The van der Waals surface area contributed by atoms with Crippen LogP contribution in [0.15, 0.2) is 53.5 Å². The first-order valence-electron chi connectivity index (χ1n) is 12.5. The number of benzene rings is 1. The molecular formula is C27H28F3N5O3. The largest absolute Gasteiger partial charge is 0.384 e. The number of H-pyrrole nitrogens is 1. The van der Waals surface area contributed by atoms with Crippen LogP contribution in [0.4, 0.5) is 19.0 Å². The molecule has 0 saturated carbocycles. The van der Waals surface area contributed by atoms with E-state index >= 15 is 0 Å². The van der Waals surface area contributed by atoms with E-state index in [-0.39, 0.29) is 55.2 Å². The molecule has 2 aliphatic rings. The van der Waals surface area contributed by atoms with Crippen molar-refractivity contribution in [3.63, 3.8) is 0 Å². The predicted octanol–water partition coefficient (Wildman–Crippen LogP) is 2.80. The van der Waals surface area contributed by atoms with E-state index in [4.69, 9.17) is 0 Å². The third-order valence-corrected chi connectivity index (χ3v) is 7.92. The highest BCUT2D eigenvalue weighted by molar-refractivity contribution is 5.81. The molecule has 38 heavy (non-hydrogen) atoms. The Morgan fingerprint density at radius 1 is 1.00 bits per heavy atom. The van der Waals surface area contributed by atoms with Crippen LogP contribution in [0.5, 0.6) is 0 Å². The van der Waals surface area contributed by atoms with Crippen molar-refractivity contribution in [3.8, 4) is 0 Å². The minimum absolute atomic E-state index is 0.0161. The Hall–Kier alpha value is -3.73. The summed E-state index contributed by atoms with van der Waals surface area (Å²) in [5, 5.41) is 18.0. The van der Waals surface area contributed by atoms with Gasteiger partial charge in [0.1, 0.15) is 23.3 Å². The Labute approximate surface area is 217 Å². The molecule has 2 aromatic heterocycles. The predicted molar refractivity (Wildman–Crippen MR) is 133 cm³/mol. The van der Waals surface area contributed by atoms with E-state index in [1.54, 1.807) is 21.9 Å². The molecule has 0 bridgehead atoms. The lowest BCUT2D eigenvalue weighted by atomic mass is 9.70. The van der Waals surface area contributed by atoms with E-state index < -0.39 is 34.9 Å². The summed E-state index contributed by atoms with van der Waals surface area (Å²) in [4.78, 5) is 32.8. The number of nitrogens with zero attached hydrogens (tertiary/aromatic N) is 4. The zero-order valence-electron chi connectivity index (χ0n) is 20.9. The SMILES string of the molecule is CC1CN(C(=O)C2CN(c3ccc(=O)[nH]n3)CC2c2ncc(F)cc2F)CC(C)C1(O)c1ccc(F)cc1. The normalized spacial score (nSPS) is 27.5. The van der Waals surface area contributed by atoms with Gasteiger partial charge in [0.25, 0.3) is 5.56 Å². The van der Waals surface area contributed by atoms with Gasteiger partial charge in [0, 0.05) is 56.1 Å². The van der Waals surface area contributed by atoms with Crippen LogP contribution in [0.2, 0.25) is 0 Å². The van der Waals surface area contributed by atoms with Gasteiger partial charge < -0.3 is 14.9 Å². The molecule has 0 aliphatic carbocycles. The molecule has 2 N–H and O–H groups in total. The molecule has 4 unspecified atom stereocenters. The van der Waals surface area contributed by atoms with Crippen molar-refractivity contribution in [2.75, 3.05) is 31.1 Å². The minimum Gasteiger partial charge on any atom is -0.384 e. The van der Waals surface area contributed by atoms with Crippen LogP contribution in [-0.2, 0) is 10.4 Å². The van der Waals surface area contributed by atoms with Crippen LogP contribution in [-0.4, -0.2) is 57.3 Å². The van der Waals surface area contributed by atoms with Gasteiger partial charge in [0.2, 0.25) is 5.91 Å². The molecule has 2 fully saturated rings. The van der Waals surface area contributed by atoms with Gasteiger partial charge in [-0.3, -0.25) is 14.6 Å². The lowest BCUT2D eigenvalue weighted by Gasteiger charge is -2.48. The van der Waals surface area contributed by atoms with Crippen molar-refractivity contribution in [2.24, 2.45) is 17.8 Å². The quantitative estimate of drug-likeness (QED) is 0.541. The highest BCUT2D eigenvalue weighted by Gasteiger charge is 2.49. The van der Waals surface area contributed by atoms with Crippen molar-refractivity contribution >= 4 is 11.7 Å². The van der Waals surface area contributed by atoms with E-state index in [2.05, 4.69) is 15.2 Å². The number of anilines is 1. The number of likely N-dealkylation sites (tertiary alicyclic amines) is 1. The minimum atomic E-state index is -1.27.